The molecule has 0 aliphatic rings. The molecule has 0 unspecified atom stereocenters. The zero-order valence-electron chi connectivity index (χ0n) is 7.33. The van der Waals surface area contributed by atoms with E-state index in [1.807, 2.05) is 13.0 Å². The van der Waals surface area contributed by atoms with Gasteiger partial charge in [0, 0.05) is 6.08 Å². The van der Waals surface area contributed by atoms with Crippen LogP contribution in [0.25, 0.3) is 0 Å². The highest BCUT2D eigenvalue weighted by atomic mass is 16.5. The van der Waals surface area contributed by atoms with Gasteiger partial charge in [0.2, 0.25) is 0 Å². The van der Waals surface area contributed by atoms with Crippen molar-refractivity contribution in [2.24, 2.45) is 0 Å². The number of carbonyl (C=O) groups excluding carboxylic acids is 1. The van der Waals surface area contributed by atoms with E-state index in [2.05, 4.69) is 11.8 Å². The van der Waals surface area contributed by atoms with E-state index in [9.17, 15) is 4.79 Å². The van der Waals surface area contributed by atoms with Crippen molar-refractivity contribution in [3.8, 4) is 11.8 Å². The molecule has 0 aromatic heterocycles. The highest BCUT2D eigenvalue weighted by Gasteiger charge is 1.90. The van der Waals surface area contributed by atoms with Crippen molar-refractivity contribution in [2.45, 2.75) is 13.8 Å². The van der Waals surface area contributed by atoms with Gasteiger partial charge in [-0.1, -0.05) is 24.1 Å². The molecule has 0 saturated carbocycles. The van der Waals surface area contributed by atoms with Crippen LogP contribution in [0.15, 0.2) is 24.3 Å². The summed E-state index contributed by atoms with van der Waals surface area (Å²) in [7, 11) is 0. The third kappa shape index (κ3) is 6.63. The number of rotatable bonds is 3. The molecule has 0 radical (unpaired) electrons. The molecule has 0 aliphatic heterocycles. The highest BCUT2D eigenvalue weighted by molar-refractivity contribution is 5.82. The van der Waals surface area contributed by atoms with Crippen LogP contribution in [0, 0.1) is 11.8 Å². The van der Waals surface area contributed by atoms with Gasteiger partial charge in [-0.25, -0.2) is 4.79 Å². The molecule has 0 amide bonds. The number of carbonyl (C=O) groups is 1. The smallest absolute Gasteiger partial charge is 0.331 e. The third-order valence-corrected chi connectivity index (χ3v) is 0.999. The molecule has 0 saturated heterocycles. The maximum atomic E-state index is 10.8. The molecule has 12 heavy (non-hydrogen) atoms. The quantitative estimate of drug-likeness (QED) is 0.274. The minimum Gasteiger partial charge on any atom is -0.449 e. The van der Waals surface area contributed by atoms with Crippen LogP contribution >= 0.6 is 0 Å². The van der Waals surface area contributed by atoms with Crippen LogP contribution in [0.2, 0.25) is 0 Å². The van der Waals surface area contributed by atoms with Gasteiger partial charge < -0.3 is 4.74 Å². The van der Waals surface area contributed by atoms with Crippen LogP contribution < -0.4 is 0 Å². The lowest BCUT2D eigenvalue weighted by molar-refractivity contribution is -0.136. The normalized spacial score (nSPS) is 9.83. The Kier molecular flexibility index (Phi) is 6.67. The van der Waals surface area contributed by atoms with Crippen LogP contribution in [0.5, 0.6) is 0 Å². The number of allylic oxidation sites excluding steroid dienone is 3. The van der Waals surface area contributed by atoms with Crippen LogP contribution in [0.3, 0.4) is 0 Å². The van der Waals surface area contributed by atoms with E-state index in [0.717, 1.165) is 0 Å². The lowest BCUT2D eigenvalue weighted by Gasteiger charge is -1.92. The minimum absolute atomic E-state index is 0.162. The standard InChI is InChI=1S/C10H12O2/c1-3-5-7-8-10(11)12-9-6-4-2/h3,5,7-8H,9H2,1-2H3/b5-3+,8-7+. The number of hydrogen-bond acceptors (Lipinski definition) is 2. The fourth-order valence-corrected chi connectivity index (χ4v) is 0.473. The Hall–Kier alpha value is -1.49. The van der Waals surface area contributed by atoms with Gasteiger partial charge in [0.15, 0.2) is 6.61 Å². The maximum Gasteiger partial charge on any atom is 0.331 e. The van der Waals surface area contributed by atoms with Gasteiger partial charge in [0.05, 0.1) is 0 Å². The van der Waals surface area contributed by atoms with Crippen molar-refractivity contribution >= 4 is 5.97 Å². The second kappa shape index (κ2) is 7.62. The van der Waals surface area contributed by atoms with Gasteiger partial charge in [-0.2, -0.15) is 0 Å². The molecule has 0 aliphatic carbocycles. The first-order valence-electron chi connectivity index (χ1n) is 3.67. The summed E-state index contributed by atoms with van der Waals surface area (Å²) in [4.78, 5) is 10.8. The fourth-order valence-electron chi connectivity index (χ4n) is 0.473. The van der Waals surface area contributed by atoms with Gasteiger partial charge in [0.1, 0.15) is 0 Å². The molecule has 0 aromatic carbocycles. The largest absolute Gasteiger partial charge is 0.449 e. The molecule has 0 bridgehead atoms. The lowest BCUT2D eigenvalue weighted by atomic mass is 10.4. The summed E-state index contributed by atoms with van der Waals surface area (Å²) in [6.07, 6.45) is 6.57. The Labute approximate surface area is 72.9 Å². The number of hydrogen-bond donors (Lipinski definition) is 0. The van der Waals surface area contributed by atoms with Crippen molar-refractivity contribution in [3.05, 3.63) is 24.3 Å². The molecule has 2 nitrogen and oxygen atoms in total. The minimum atomic E-state index is -0.365. The maximum absolute atomic E-state index is 10.8. The molecule has 0 fully saturated rings. The molecule has 0 spiro atoms. The summed E-state index contributed by atoms with van der Waals surface area (Å²) in [6.45, 7) is 3.73. The van der Waals surface area contributed by atoms with Crippen LogP contribution in [0.1, 0.15) is 13.8 Å². The molecule has 0 aromatic rings. The SMILES string of the molecule is CC#CCOC(=O)/C=C/C=C/C. The third-order valence-electron chi connectivity index (χ3n) is 0.999. The molecule has 2 heteroatoms. The Morgan fingerprint density at radius 2 is 2.25 bits per heavy atom. The van der Waals surface area contributed by atoms with E-state index in [4.69, 9.17) is 4.74 Å². The predicted octanol–water partition coefficient (Wildman–Crippen LogP) is 1.69. The van der Waals surface area contributed by atoms with E-state index >= 15 is 0 Å². The molecular formula is C10H12O2. The average molecular weight is 164 g/mol. The van der Waals surface area contributed by atoms with Crippen molar-refractivity contribution in [1.29, 1.82) is 0 Å². The van der Waals surface area contributed by atoms with Crippen LogP contribution in [-0.4, -0.2) is 12.6 Å². The summed E-state index contributed by atoms with van der Waals surface area (Å²) in [6, 6.07) is 0. The Balaban J connectivity index is 3.64. The topological polar surface area (TPSA) is 26.3 Å². The van der Waals surface area contributed by atoms with Gasteiger partial charge in [-0.15, -0.1) is 5.92 Å². The molecule has 0 N–H and O–H groups in total. The molecule has 0 rings (SSSR count). The summed E-state index contributed by atoms with van der Waals surface area (Å²) >= 11 is 0. The van der Waals surface area contributed by atoms with E-state index < -0.39 is 0 Å². The van der Waals surface area contributed by atoms with Crippen molar-refractivity contribution in [3.63, 3.8) is 0 Å². The Morgan fingerprint density at radius 3 is 2.83 bits per heavy atom. The summed E-state index contributed by atoms with van der Waals surface area (Å²) in [5, 5.41) is 0. The first-order chi connectivity index (χ1) is 5.81. The first-order valence-corrected chi connectivity index (χ1v) is 3.67. The van der Waals surface area contributed by atoms with Crippen molar-refractivity contribution < 1.29 is 9.53 Å². The van der Waals surface area contributed by atoms with Crippen LogP contribution in [0.4, 0.5) is 0 Å². The first kappa shape index (κ1) is 10.5. The van der Waals surface area contributed by atoms with Gasteiger partial charge >= 0.3 is 5.97 Å². The van der Waals surface area contributed by atoms with Gasteiger partial charge in [-0.3, -0.25) is 0 Å². The summed E-state index contributed by atoms with van der Waals surface area (Å²) in [5.74, 6) is 4.88. The number of ether oxygens (including phenoxy) is 1. The molecule has 64 valence electrons. The monoisotopic (exact) mass is 164 g/mol. The Bertz CT molecular complexity index is 238. The predicted molar refractivity (Wildman–Crippen MR) is 48.4 cm³/mol. The molecule has 0 heterocycles. The fraction of sp³-hybridized carbons (Fsp3) is 0.300. The van der Waals surface area contributed by atoms with Crippen molar-refractivity contribution in [2.75, 3.05) is 6.61 Å². The molecule has 0 atom stereocenters. The number of esters is 1. The van der Waals surface area contributed by atoms with E-state index in [-0.39, 0.29) is 12.6 Å². The van der Waals surface area contributed by atoms with E-state index in [1.165, 1.54) is 6.08 Å². The van der Waals surface area contributed by atoms with E-state index in [1.54, 1.807) is 19.1 Å². The second-order valence-corrected chi connectivity index (χ2v) is 1.92. The zero-order chi connectivity index (χ0) is 9.23. The average Bonchev–Trinajstić information content (AvgIpc) is 2.06. The lowest BCUT2D eigenvalue weighted by Crippen LogP contribution is -1.99. The van der Waals surface area contributed by atoms with Crippen LogP contribution in [-0.2, 0) is 9.53 Å². The van der Waals surface area contributed by atoms with E-state index in [0.29, 0.717) is 0 Å². The van der Waals surface area contributed by atoms with Gasteiger partial charge in [0.25, 0.3) is 0 Å². The summed E-state index contributed by atoms with van der Waals surface area (Å²) in [5.41, 5.74) is 0. The summed E-state index contributed by atoms with van der Waals surface area (Å²) < 4.78 is 4.70. The zero-order valence-corrected chi connectivity index (χ0v) is 7.33. The van der Waals surface area contributed by atoms with Gasteiger partial charge in [-0.05, 0) is 13.8 Å². The van der Waals surface area contributed by atoms with Crippen molar-refractivity contribution in [1.82, 2.24) is 0 Å². The second-order valence-electron chi connectivity index (χ2n) is 1.92. The molecular weight excluding hydrogens is 152 g/mol. The Morgan fingerprint density at radius 1 is 1.50 bits per heavy atom. The highest BCUT2D eigenvalue weighted by Crippen LogP contribution is 1.82.